The molecular formula is C54H32N4. The lowest BCUT2D eigenvalue weighted by Gasteiger charge is -2.18. The lowest BCUT2D eigenvalue weighted by Crippen LogP contribution is -1.97. The Hall–Kier alpha value is -7.82. The maximum Gasteiger partial charge on any atom is 0.0900 e. The molecule has 0 N–H and O–H groups in total. The van der Waals surface area contributed by atoms with Gasteiger partial charge in [-0.15, -0.1) is 0 Å². The summed E-state index contributed by atoms with van der Waals surface area (Å²) in [5.74, 6) is 0. The molecule has 58 heavy (non-hydrogen) atoms. The minimum Gasteiger partial charge on any atom is -0.248 e. The average molecular weight is 737 g/mol. The molecule has 4 aromatic heterocycles. The first-order chi connectivity index (χ1) is 28.7. The Balaban J connectivity index is 1.13. The highest BCUT2D eigenvalue weighted by Crippen LogP contribution is 2.44. The molecule has 0 saturated heterocycles. The van der Waals surface area contributed by atoms with Gasteiger partial charge >= 0.3 is 0 Å². The number of pyridine rings is 4. The van der Waals surface area contributed by atoms with Crippen LogP contribution in [0.5, 0.6) is 0 Å². The summed E-state index contributed by atoms with van der Waals surface area (Å²) in [4.78, 5) is 21.1. The number of benzene rings is 8. The van der Waals surface area contributed by atoms with E-state index in [-0.39, 0.29) is 0 Å². The van der Waals surface area contributed by atoms with Crippen molar-refractivity contribution < 1.29 is 0 Å². The highest BCUT2D eigenvalue weighted by molar-refractivity contribution is 6.21. The van der Waals surface area contributed by atoms with Gasteiger partial charge in [-0.3, -0.25) is 0 Å². The van der Waals surface area contributed by atoms with E-state index in [4.69, 9.17) is 19.9 Å². The minimum atomic E-state index is 0.788. The van der Waals surface area contributed by atoms with E-state index in [0.717, 1.165) is 110 Å². The normalized spacial score (nSPS) is 11.8. The second kappa shape index (κ2) is 12.9. The van der Waals surface area contributed by atoms with Crippen molar-refractivity contribution in [3.8, 4) is 45.2 Å². The Labute approximate surface area is 333 Å². The van der Waals surface area contributed by atoms with Gasteiger partial charge in [0.1, 0.15) is 0 Å². The topological polar surface area (TPSA) is 51.6 Å². The van der Waals surface area contributed by atoms with Gasteiger partial charge in [0, 0.05) is 21.7 Å². The van der Waals surface area contributed by atoms with Crippen LogP contribution in [0.15, 0.2) is 194 Å². The predicted molar refractivity (Wildman–Crippen MR) is 242 cm³/mol. The molecule has 0 amide bonds. The van der Waals surface area contributed by atoms with Gasteiger partial charge in [0.2, 0.25) is 0 Å². The highest BCUT2D eigenvalue weighted by Gasteiger charge is 2.20. The Morgan fingerprint density at radius 2 is 0.621 bits per heavy atom. The standard InChI is InChI=1S/C54H32N4/c1-3-14-36-29-49-38(27-34(36)12-1)22-24-46(56-49)51-31-40(32-52(58-51)47-25-23-39-28-35-13-2-4-15-37(35)30-50(39)57-47)53-41-16-6-8-18-43(41)54(44-19-9-7-17-42(44)53)48-26-21-33-11-5-10-20-45(33)55-48/h1-32H. The highest BCUT2D eigenvalue weighted by atomic mass is 14.8. The van der Waals surface area contributed by atoms with Crippen LogP contribution in [0.2, 0.25) is 0 Å². The fourth-order valence-electron chi connectivity index (χ4n) is 8.77. The summed E-state index contributed by atoms with van der Waals surface area (Å²) >= 11 is 0. The SMILES string of the molecule is c1ccc2cc3nc(-c4cc(-c5c6ccccc6c(-c6ccc7ccccc7n6)c6ccccc56)cc(-c5ccc6cc7ccccc7cc6n5)n4)ccc3cc2c1. The summed E-state index contributed by atoms with van der Waals surface area (Å²) in [6.07, 6.45) is 0. The van der Waals surface area contributed by atoms with Crippen molar-refractivity contribution in [2.75, 3.05) is 0 Å². The molecule has 12 aromatic rings. The molecule has 4 heteroatoms. The van der Waals surface area contributed by atoms with E-state index in [0.29, 0.717) is 0 Å². The number of hydrogen-bond acceptors (Lipinski definition) is 4. The molecule has 4 heterocycles. The van der Waals surface area contributed by atoms with Crippen LogP contribution < -0.4 is 0 Å². The quantitative estimate of drug-likeness (QED) is 0.169. The fourth-order valence-corrected chi connectivity index (χ4v) is 8.77. The number of para-hydroxylation sites is 1. The number of hydrogen-bond donors (Lipinski definition) is 0. The molecule has 8 aromatic carbocycles. The van der Waals surface area contributed by atoms with Crippen molar-refractivity contribution in [1.29, 1.82) is 0 Å². The molecule has 0 bridgehead atoms. The third-order valence-electron chi connectivity index (χ3n) is 11.5. The second-order valence-corrected chi connectivity index (χ2v) is 15.0. The minimum absolute atomic E-state index is 0.788. The number of rotatable bonds is 4. The van der Waals surface area contributed by atoms with Gasteiger partial charge in [-0.1, -0.05) is 133 Å². The van der Waals surface area contributed by atoms with E-state index in [2.05, 4.69) is 194 Å². The largest absolute Gasteiger partial charge is 0.248 e. The van der Waals surface area contributed by atoms with Crippen molar-refractivity contribution in [2.45, 2.75) is 0 Å². The first-order valence-corrected chi connectivity index (χ1v) is 19.6. The monoisotopic (exact) mass is 736 g/mol. The van der Waals surface area contributed by atoms with Gasteiger partial charge < -0.3 is 0 Å². The lowest BCUT2D eigenvalue weighted by atomic mass is 9.86. The summed E-state index contributed by atoms with van der Waals surface area (Å²) in [5, 5.41) is 12.6. The van der Waals surface area contributed by atoms with E-state index < -0.39 is 0 Å². The molecule has 4 nitrogen and oxygen atoms in total. The maximum absolute atomic E-state index is 5.36. The first kappa shape index (κ1) is 32.4. The number of nitrogens with zero attached hydrogens (tertiary/aromatic N) is 4. The van der Waals surface area contributed by atoms with Crippen LogP contribution in [-0.4, -0.2) is 19.9 Å². The van der Waals surface area contributed by atoms with Crippen molar-refractivity contribution >= 4 is 75.8 Å². The summed E-state index contributed by atoms with van der Waals surface area (Å²) in [6, 6.07) is 68.7. The Morgan fingerprint density at radius 3 is 1.16 bits per heavy atom. The molecule has 12 rings (SSSR count). The van der Waals surface area contributed by atoms with E-state index in [1.54, 1.807) is 0 Å². The number of aromatic nitrogens is 4. The van der Waals surface area contributed by atoms with E-state index in [9.17, 15) is 0 Å². The molecular weight excluding hydrogens is 705 g/mol. The van der Waals surface area contributed by atoms with Crippen LogP contribution in [0.3, 0.4) is 0 Å². The molecule has 0 spiro atoms. The molecule has 0 aliphatic rings. The molecule has 0 aliphatic carbocycles. The van der Waals surface area contributed by atoms with E-state index >= 15 is 0 Å². The molecule has 0 aliphatic heterocycles. The van der Waals surface area contributed by atoms with Gasteiger partial charge in [0.25, 0.3) is 0 Å². The predicted octanol–water partition coefficient (Wildman–Crippen LogP) is 14.0. The van der Waals surface area contributed by atoms with E-state index in [1.807, 2.05) is 0 Å². The van der Waals surface area contributed by atoms with Crippen molar-refractivity contribution in [3.05, 3.63) is 194 Å². The van der Waals surface area contributed by atoms with Crippen LogP contribution in [0.1, 0.15) is 0 Å². The van der Waals surface area contributed by atoms with Crippen LogP contribution in [-0.2, 0) is 0 Å². The summed E-state index contributed by atoms with van der Waals surface area (Å²) in [5.41, 5.74) is 10.3. The van der Waals surface area contributed by atoms with Crippen molar-refractivity contribution in [2.24, 2.45) is 0 Å². The fraction of sp³-hybridized carbons (Fsp3) is 0. The van der Waals surface area contributed by atoms with Crippen LogP contribution >= 0.6 is 0 Å². The third kappa shape index (κ3) is 5.31. The molecule has 0 unspecified atom stereocenters. The first-order valence-electron chi connectivity index (χ1n) is 19.6. The zero-order valence-electron chi connectivity index (χ0n) is 31.3. The zero-order valence-corrected chi connectivity index (χ0v) is 31.3. The van der Waals surface area contributed by atoms with Crippen LogP contribution in [0.25, 0.3) is 121 Å². The van der Waals surface area contributed by atoms with Crippen molar-refractivity contribution in [1.82, 2.24) is 19.9 Å². The Morgan fingerprint density at radius 1 is 0.224 bits per heavy atom. The van der Waals surface area contributed by atoms with E-state index in [1.165, 1.54) is 10.8 Å². The van der Waals surface area contributed by atoms with Crippen LogP contribution in [0, 0.1) is 0 Å². The average Bonchev–Trinajstić information content (AvgIpc) is 3.28. The van der Waals surface area contributed by atoms with Gasteiger partial charge in [-0.2, -0.15) is 0 Å². The molecule has 268 valence electrons. The van der Waals surface area contributed by atoms with Crippen molar-refractivity contribution in [3.63, 3.8) is 0 Å². The summed E-state index contributed by atoms with van der Waals surface area (Å²) in [7, 11) is 0. The Bertz CT molecular complexity index is 3450. The second-order valence-electron chi connectivity index (χ2n) is 15.0. The third-order valence-corrected chi connectivity index (χ3v) is 11.5. The van der Waals surface area contributed by atoms with Crippen LogP contribution in [0.4, 0.5) is 0 Å². The van der Waals surface area contributed by atoms with Gasteiger partial charge in [0.15, 0.2) is 0 Å². The Kier molecular flexibility index (Phi) is 7.20. The molecule has 0 radical (unpaired) electrons. The van der Waals surface area contributed by atoms with Gasteiger partial charge in [-0.25, -0.2) is 19.9 Å². The molecule has 0 fully saturated rings. The smallest absolute Gasteiger partial charge is 0.0900 e. The molecule has 0 saturated carbocycles. The maximum atomic E-state index is 5.36. The number of fused-ring (bicyclic) bond motifs is 7. The van der Waals surface area contributed by atoms with Gasteiger partial charge in [-0.05, 0) is 115 Å². The zero-order chi connectivity index (χ0) is 38.2. The van der Waals surface area contributed by atoms with Gasteiger partial charge in [0.05, 0.1) is 45.0 Å². The lowest BCUT2D eigenvalue weighted by molar-refractivity contribution is 1.25. The summed E-state index contributed by atoms with van der Waals surface area (Å²) < 4.78 is 0. The molecule has 0 atom stereocenters. The summed E-state index contributed by atoms with van der Waals surface area (Å²) in [6.45, 7) is 0.